The van der Waals surface area contributed by atoms with E-state index < -0.39 is 0 Å². The molecule has 0 fully saturated rings. The monoisotopic (exact) mass is 351 g/mol. The van der Waals surface area contributed by atoms with Crippen LogP contribution in [0.4, 0.5) is 17.1 Å². The molecule has 0 radical (unpaired) electrons. The van der Waals surface area contributed by atoms with E-state index in [9.17, 15) is 0 Å². The smallest absolute Gasteiger partial charge is 0.137 e. The first-order valence-electron chi connectivity index (χ1n) is 8.75. The third-order valence-electron chi connectivity index (χ3n) is 4.65. The summed E-state index contributed by atoms with van der Waals surface area (Å²) in [6.07, 6.45) is 3.72. The quantitative estimate of drug-likeness (QED) is 0.393. The molecule has 3 aromatic carbocycles. The molecule has 2 heterocycles. The van der Waals surface area contributed by atoms with Gasteiger partial charge in [0.2, 0.25) is 0 Å². The zero-order valence-electron chi connectivity index (χ0n) is 14.5. The van der Waals surface area contributed by atoms with E-state index in [1.54, 1.807) is 0 Å². The van der Waals surface area contributed by atoms with E-state index in [1.165, 1.54) is 0 Å². The van der Waals surface area contributed by atoms with Crippen molar-refractivity contribution in [2.75, 3.05) is 11.1 Å². The van der Waals surface area contributed by atoms with Crippen molar-refractivity contribution in [3.63, 3.8) is 0 Å². The maximum atomic E-state index is 6.06. The van der Waals surface area contributed by atoms with E-state index in [1.807, 2.05) is 60.9 Å². The molecule has 0 bridgehead atoms. The summed E-state index contributed by atoms with van der Waals surface area (Å²) in [5.41, 5.74) is 10.4. The summed E-state index contributed by atoms with van der Waals surface area (Å²) in [6, 6.07) is 24.0. The number of furan rings is 1. The largest absolute Gasteiger partial charge is 0.456 e. The Bertz CT molecular complexity index is 1220. The SMILES string of the molecule is Nc1ccc(Nc2ccc3cncc(-c4cc5ccccc5o4)c3c2)cc1. The van der Waals surface area contributed by atoms with Gasteiger partial charge in [0, 0.05) is 45.8 Å². The van der Waals surface area contributed by atoms with Crippen LogP contribution in [0.3, 0.4) is 0 Å². The van der Waals surface area contributed by atoms with Crippen LogP contribution in [0.5, 0.6) is 0 Å². The van der Waals surface area contributed by atoms with E-state index in [0.29, 0.717) is 0 Å². The van der Waals surface area contributed by atoms with Gasteiger partial charge in [-0.15, -0.1) is 0 Å². The number of rotatable bonds is 3. The first kappa shape index (κ1) is 15.5. The van der Waals surface area contributed by atoms with Crippen LogP contribution in [0.25, 0.3) is 33.1 Å². The van der Waals surface area contributed by atoms with Crippen LogP contribution in [0.2, 0.25) is 0 Å². The minimum Gasteiger partial charge on any atom is -0.456 e. The average Bonchev–Trinajstić information content (AvgIpc) is 3.13. The second-order valence-electron chi connectivity index (χ2n) is 6.52. The third kappa shape index (κ3) is 2.87. The highest BCUT2D eigenvalue weighted by molar-refractivity contribution is 5.98. The van der Waals surface area contributed by atoms with E-state index in [4.69, 9.17) is 10.2 Å². The van der Waals surface area contributed by atoms with Crippen molar-refractivity contribution in [1.82, 2.24) is 4.98 Å². The number of aromatic nitrogens is 1. The summed E-state index contributed by atoms with van der Waals surface area (Å²) in [6.45, 7) is 0. The van der Waals surface area contributed by atoms with Gasteiger partial charge in [0.1, 0.15) is 11.3 Å². The van der Waals surface area contributed by atoms with Gasteiger partial charge < -0.3 is 15.5 Å². The molecule has 0 amide bonds. The minimum atomic E-state index is 0.748. The Kier molecular flexibility index (Phi) is 3.54. The Balaban J connectivity index is 1.61. The van der Waals surface area contributed by atoms with Crippen LogP contribution in [0.1, 0.15) is 0 Å². The summed E-state index contributed by atoms with van der Waals surface area (Å²) in [4.78, 5) is 4.39. The van der Waals surface area contributed by atoms with Crippen molar-refractivity contribution >= 4 is 38.8 Å². The topological polar surface area (TPSA) is 64.1 Å². The van der Waals surface area contributed by atoms with Crippen LogP contribution < -0.4 is 11.1 Å². The zero-order valence-corrected chi connectivity index (χ0v) is 14.5. The lowest BCUT2D eigenvalue weighted by Gasteiger charge is -2.09. The van der Waals surface area contributed by atoms with E-state index in [2.05, 4.69) is 34.6 Å². The molecule has 0 atom stereocenters. The molecule has 0 saturated carbocycles. The Hall–Kier alpha value is -3.79. The number of hydrogen-bond donors (Lipinski definition) is 2. The Morgan fingerprint density at radius 3 is 2.44 bits per heavy atom. The highest BCUT2D eigenvalue weighted by atomic mass is 16.3. The minimum absolute atomic E-state index is 0.748. The maximum absolute atomic E-state index is 6.06. The molecular formula is C23H17N3O. The predicted molar refractivity (Wildman–Crippen MR) is 111 cm³/mol. The number of nitrogens with one attached hydrogen (secondary N) is 1. The molecule has 2 aromatic heterocycles. The fourth-order valence-corrected chi connectivity index (χ4v) is 3.29. The molecule has 0 saturated heterocycles. The van der Waals surface area contributed by atoms with Gasteiger partial charge in [0.05, 0.1) is 0 Å². The number of nitrogens with zero attached hydrogens (tertiary/aromatic N) is 1. The molecule has 0 spiro atoms. The van der Waals surface area contributed by atoms with E-state index in [0.717, 1.165) is 50.1 Å². The molecule has 130 valence electrons. The highest BCUT2D eigenvalue weighted by Gasteiger charge is 2.11. The number of anilines is 3. The number of hydrogen-bond acceptors (Lipinski definition) is 4. The first-order chi connectivity index (χ1) is 13.3. The maximum Gasteiger partial charge on any atom is 0.137 e. The van der Waals surface area contributed by atoms with Crippen LogP contribution in [0.15, 0.2) is 89.6 Å². The number of nitrogen functional groups attached to an aromatic ring is 1. The number of para-hydroxylation sites is 1. The first-order valence-corrected chi connectivity index (χ1v) is 8.75. The van der Waals surface area contributed by atoms with Crippen molar-refractivity contribution in [3.8, 4) is 11.3 Å². The molecule has 4 nitrogen and oxygen atoms in total. The van der Waals surface area contributed by atoms with Crippen molar-refractivity contribution in [2.24, 2.45) is 0 Å². The van der Waals surface area contributed by atoms with E-state index in [-0.39, 0.29) is 0 Å². The second kappa shape index (κ2) is 6.18. The van der Waals surface area contributed by atoms with Crippen molar-refractivity contribution in [3.05, 3.63) is 85.2 Å². The molecular weight excluding hydrogens is 334 g/mol. The summed E-state index contributed by atoms with van der Waals surface area (Å²) < 4.78 is 6.06. The number of pyridine rings is 1. The molecule has 0 unspecified atom stereocenters. The van der Waals surface area contributed by atoms with Crippen LogP contribution in [-0.2, 0) is 0 Å². The fourth-order valence-electron chi connectivity index (χ4n) is 3.29. The second-order valence-corrected chi connectivity index (χ2v) is 6.52. The zero-order chi connectivity index (χ0) is 18.2. The predicted octanol–water partition coefficient (Wildman–Crippen LogP) is 5.97. The Morgan fingerprint density at radius 1 is 0.778 bits per heavy atom. The summed E-state index contributed by atoms with van der Waals surface area (Å²) in [5.74, 6) is 0.818. The lowest BCUT2D eigenvalue weighted by molar-refractivity contribution is 0.632. The van der Waals surface area contributed by atoms with Gasteiger partial charge in [0.15, 0.2) is 0 Å². The normalized spacial score (nSPS) is 11.1. The van der Waals surface area contributed by atoms with Gasteiger partial charge in [-0.25, -0.2) is 0 Å². The van der Waals surface area contributed by atoms with Crippen molar-refractivity contribution in [1.29, 1.82) is 0 Å². The molecule has 4 heteroatoms. The van der Waals surface area contributed by atoms with Crippen LogP contribution >= 0.6 is 0 Å². The van der Waals surface area contributed by atoms with E-state index >= 15 is 0 Å². The van der Waals surface area contributed by atoms with Crippen LogP contribution in [-0.4, -0.2) is 4.98 Å². The Labute approximate surface area is 156 Å². The van der Waals surface area contributed by atoms with Gasteiger partial charge >= 0.3 is 0 Å². The summed E-state index contributed by atoms with van der Waals surface area (Å²) in [5, 5.41) is 6.66. The highest BCUT2D eigenvalue weighted by Crippen LogP contribution is 2.34. The van der Waals surface area contributed by atoms with Gasteiger partial charge in [0.25, 0.3) is 0 Å². The lowest BCUT2D eigenvalue weighted by atomic mass is 10.0. The summed E-state index contributed by atoms with van der Waals surface area (Å²) in [7, 11) is 0. The van der Waals surface area contributed by atoms with Gasteiger partial charge in [-0.05, 0) is 53.9 Å². The van der Waals surface area contributed by atoms with Gasteiger partial charge in [-0.1, -0.05) is 24.3 Å². The Morgan fingerprint density at radius 2 is 1.59 bits per heavy atom. The van der Waals surface area contributed by atoms with Crippen molar-refractivity contribution < 1.29 is 4.42 Å². The average molecular weight is 351 g/mol. The van der Waals surface area contributed by atoms with Crippen molar-refractivity contribution in [2.45, 2.75) is 0 Å². The number of benzene rings is 3. The number of nitrogens with two attached hydrogens (primary N) is 1. The lowest BCUT2D eigenvalue weighted by Crippen LogP contribution is -1.92. The molecule has 0 aliphatic carbocycles. The molecule has 5 rings (SSSR count). The molecule has 5 aromatic rings. The van der Waals surface area contributed by atoms with Gasteiger partial charge in [-0.2, -0.15) is 0 Å². The molecule has 0 aliphatic heterocycles. The van der Waals surface area contributed by atoms with Crippen LogP contribution in [0, 0.1) is 0 Å². The number of fused-ring (bicyclic) bond motifs is 2. The fraction of sp³-hybridized carbons (Fsp3) is 0. The molecule has 0 aliphatic rings. The molecule has 27 heavy (non-hydrogen) atoms. The standard InChI is InChI=1S/C23H17N3O/c24-17-6-9-18(10-7-17)26-19-8-5-16-13-25-14-21(20(16)12-19)23-11-15-3-1-2-4-22(15)27-23/h1-14,26H,24H2. The molecule has 3 N–H and O–H groups in total. The third-order valence-corrected chi connectivity index (χ3v) is 4.65. The summed E-state index contributed by atoms with van der Waals surface area (Å²) >= 11 is 0. The van der Waals surface area contributed by atoms with Gasteiger partial charge in [-0.3, -0.25) is 4.98 Å².